The van der Waals surface area contributed by atoms with Crippen molar-refractivity contribution in [2.24, 2.45) is 5.73 Å². The molecule has 0 heterocycles. The van der Waals surface area contributed by atoms with Crippen molar-refractivity contribution in [2.75, 3.05) is 0 Å². The van der Waals surface area contributed by atoms with Crippen LogP contribution < -0.4 is 5.73 Å². The summed E-state index contributed by atoms with van der Waals surface area (Å²) in [7, 11) is 0. The molecule has 0 aliphatic carbocycles. The van der Waals surface area contributed by atoms with Gasteiger partial charge in [0.1, 0.15) is 5.75 Å². The van der Waals surface area contributed by atoms with Crippen LogP contribution >= 0.6 is 12.4 Å². The van der Waals surface area contributed by atoms with Gasteiger partial charge in [-0.3, -0.25) is 0 Å². The van der Waals surface area contributed by atoms with Gasteiger partial charge in [-0.1, -0.05) is 5.57 Å². The number of phenols is 1. The maximum atomic E-state index is 9.42. The molecule has 0 spiro atoms. The third-order valence-corrected chi connectivity index (χ3v) is 2.52. The van der Waals surface area contributed by atoms with Crippen LogP contribution in [-0.4, -0.2) is 5.11 Å². The highest BCUT2D eigenvalue weighted by atomic mass is 35.5. The standard InChI is InChI=1S/C13H19NO.ClH/c1-8(2)5-12(14)13-9(3)6-11(15)7-10(13)4;/h6-7,12,15H,1,5,14H2,2-4H3;1H/t12-;/m0./s1. The van der Waals surface area contributed by atoms with Crippen molar-refractivity contribution in [2.45, 2.75) is 33.2 Å². The van der Waals surface area contributed by atoms with Gasteiger partial charge in [0, 0.05) is 6.04 Å². The zero-order valence-corrected chi connectivity index (χ0v) is 10.9. The second kappa shape index (κ2) is 5.92. The van der Waals surface area contributed by atoms with E-state index >= 15 is 0 Å². The van der Waals surface area contributed by atoms with Gasteiger partial charge in [-0.05, 0) is 56.0 Å². The number of benzene rings is 1. The van der Waals surface area contributed by atoms with E-state index in [2.05, 4.69) is 6.58 Å². The SMILES string of the molecule is C=C(C)C[C@H](N)c1c(C)cc(O)cc1C.Cl. The molecule has 1 rings (SSSR count). The van der Waals surface area contributed by atoms with Crippen LogP contribution in [0.15, 0.2) is 24.3 Å². The predicted octanol–water partition coefficient (Wildman–Crippen LogP) is 3.40. The van der Waals surface area contributed by atoms with Gasteiger partial charge < -0.3 is 10.8 Å². The first-order chi connectivity index (χ1) is 6.91. The minimum Gasteiger partial charge on any atom is -0.508 e. The Labute approximate surface area is 104 Å². The lowest BCUT2D eigenvalue weighted by Crippen LogP contribution is -2.13. The largest absolute Gasteiger partial charge is 0.508 e. The van der Waals surface area contributed by atoms with Crippen LogP contribution in [0, 0.1) is 13.8 Å². The Morgan fingerprint density at radius 2 is 1.81 bits per heavy atom. The highest BCUT2D eigenvalue weighted by Crippen LogP contribution is 2.27. The number of aryl methyl sites for hydroxylation is 2. The molecular weight excluding hydrogens is 222 g/mol. The van der Waals surface area contributed by atoms with Crippen LogP contribution in [0.3, 0.4) is 0 Å². The van der Waals surface area contributed by atoms with Crippen molar-refractivity contribution in [3.63, 3.8) is 0 Å². The highest BCUT2D eigenvalue weighted by molar-refractivity contribution is 5.85. The molecule has 0 bridgehead atoms. The number of aromatic hydroxyl groups is 1. The first kappa shape index (κ1) is 15.0. The normalized spacial score (nSPS) is 11.8. The quantitative estimate of drug-likeness (QED) is 0.797. The summed E-state index contributed by atoms with van der Waals surface area (Å²) in [6.07, 6.45) is 0.784. The van der Waals surface area contributed by atoms with E-state index in [4.69, 9.17) is 5.73 Å². The summed E-state index contributed by atoms with van der Waals surface area (Å²) in [5.74, 6) is 0.302. The predicted molar refractivity (Wildman–Crippen MR) is 71.2 cm³/mol. The minimum atomic E-state index is -0.0249. The summed E-state index contributed by atoms with van der Waals surface area (Å²) in [6.45, 7) is 9.79. The second-order valence-corrected chi connectivity index (χ2v) is 4.26. The number of hydrogen-bond acceptors (Lipinski definition) is 2. The summed E-state index contributed by atoms with van der Waals surface area (Å²) >= 11 is 0. The molecule has 0 aliphatic rings. The topological polar surface area (TPSA) is 46.2 Å². The summed E-state index contributed by atoms with van der Waals surface area (Å²) in [6, 6.07) is 3.48. The van der Waals surface area contributed by atoms with E-state index in [-0.39, 0.29) is 18.4 Å². The lowest BCUT2D eigenvalue weighted by molar-refractivity contribution is 0.473. The molecule has 90 valence electrons. The van der Waals surface area contributed by atoms with Crippen molar-refractivity contribution in [3.8, 4) is 5.75 Å². The van der Waals surface area contributed by atoms with Crippen molar-refractivity contribution >= 4 is 12.4 Å². The molecule has 1 aromatic carbocycles. The molecule has 16 heavy (non-hydrogen) atoms. The fourth-order valence-corrected chi connectivity index (χ4v) is 2.01. The number of halogens is 1. The molecular formula is C13H20ClNO. The first-order valence-corrected chi connectivity index (χ1v) is 5.12. The Morgan fingerprint density at radius 1 is 1.38 bits per heavy atom. The smallest absolute Gasteiger partial charge is 0.116 e. The maximum Gasteiger partial charge on any atom is 0.116 e. The van der Waals surface area contributed by atoms with E-state index in [0.717, 1.165) is 28.7 Å². The molecule has 2 nitrogen and oxygen atoms in total. The van der Waals surface area contributed by atoms with Crippen molar-refractivity contribution in [3.05, 3.63) is 41.0 Å². The van der Waals surface area contributed by atoms with E-state index in [1.54, 1.807) is 12.1 Å². The van der Waals surface area contributed by atoms with Gasteiger partial charge in [0.25, 0.3) is 0 Å². The average molecular weight is 242 g/mol. The third kappa shape index (κ3) is 3.54. The van der Waals surface area contributed by atoms with Gasteiger partial charge in [-0.15, -0.1) is 19.0 Å². The molecule has 0 fully saturated rings. The Kier molecular flexibility index (Phi) is 5.56. The van der Waals surface area contributed by atoms with Crippen LogP contribution in [0.4, 0.5) is 0 Å². The Hall–Kier alpha value is -0.990. The summed E-state index contributed by atoms with van der Waals surface area (Å²) < 4.78 is 0. The molecule has 0 unspecified atom stereocenters. The average Bonchev–Trinajstić information content (AvgIpc) is 1.99. The second-order valence-electron chi connectivity index (χ2n) is 4.26. The molecule has 0 aliphatic heterocycles. The summed E-state index contributed by atoms with van der Waals surface area (Å²) in [5.41, 5.74) is 10.4. The summed E-state index contributed by atoms with van der Waals surface area (Å²) in [4.78, 5) is 0. The zero-order valence-electron chi connectivity index (χ0n) is 10.1. The molecule has 3 heteroatoms. The molecule has 0 amide bonds. The number of phenolic OH excluding ortho intramolecular Hbond substituents is 1. The molecule has 0 aromatic heterocycles. The Bertz CT molecular complexity index is 365. The fraction of sp³-hybridized carbons (Fsp3) is 0.385. The fourth-order valence-electron chi connectivity index (χ4n) is 2.01. The Morgan fingerprint density at radius 3 is 2.19 bits per heavy atom. The van der Waals surface area contributed by atoms with Gasteiger partial charge in [0.2, 0.25) is 0 Å². The highest BCUT2D eigenvalue weighted by Gasteiger charge is 2.12. The van der Waals surface area contributed by atoms with Gasteiger partial charge in [0.15, 0.2) is 0 Å². The van der Waals surface area contributed by atoms with E-state index in [1.165, 1.54) is 0 Å². The van der Waals surface area contributed by atoms with Gasteiger partial charge in [0.05, 0.1) is 0 Å². The lowest BCUT2D eigenvalue weighted by atomic mass is 9.93. The number of hydrogen-bond donors (Lipinski definition) is 2. The first-order valence-electron chi connectivity index (χ1n) is 5.12. The minimum absolute atomic E-state index is 0. The van der Waals surface area contributed by atoms with Crippen LogP contribution in [0.5, 0.6) is 5.75 Å². The van der Waals surface area contributed by atoms with Gasteiger partial charge >= 0.3 is 0 Å². The molecule has 0 radical (unpaired) electrons. The molecule has 1 aromatic rings. The molecule has 0 saturated carbocycles. The van der Waals surface area contributed by atoms with Gasteiger partial charge in [-0.2, -0.15) is 0 Å². The van der Waals surface area contributed by atoms with Crippen LogP contribution in [0.1, 0.15) is 36.1 Å². The number of nitrogens with two attached hydrogens (primary N) is 1. The van der Waals surface area contributed by atoms with Gasteiger partial charge in [-0.25, -0.2) is 0 Å². The third-order valence-electron chi connectivity index (χ3n) is 2.52. The maximum absolute atomic E-state index is 9.42. The van der Waals surface area contributed by atoms with Crippen LogP contribution in [0.25, 0.3) is 0 Å². The van der Waals surface area contributed by atoms with E-state index in [0.29, 0.717) is 5.75 Å². The zero-order chi connectivity index (χ0) is 11.6. The van der Waals surface area contributed by atoms with Crippen molar-refractivity contribution < 1.29 is 5.11 Å². The van der Waals surface area contributed by atoms with Crippen LogP contribution in [-0.2, 0) is 0 Å². The monoisotopic (exact) mass is 241 g/mol. The number of rotatable bonds is 3. The van der Waals surface area contributed by atoms with E-state index < -0.39 is 0 Å². The summed E-state index contributed by atoms with van der Waals surface area (Å²) in [5, 5.41) is 9.42. The van der Waals surface area contributed by atoms with E-state index in [9.17, 15) is 5.11 Å². The van der Waals surface area contributed by atoms with Crippen LogP contribution in [0.2, 0.25) is 0 Å². The Balaban J connectivity index is 0.00000225. The van der Waals surface area contributed by atoms with E-state index in [1.807, 2.05) is 20.8 Å². The molecule has 0 saturated heterocycles. The van der Waals surface area contributed by atoms with Crippen molar-refractivity contribution in [1.29, 1.82) is 0 Å². The molecule has 3 N–H and O–H groups in total. The lowest BCUT2D eigenvalue weighted by Gasteiger charge is -2.18. The molecule has 1 atom stereocenters. The van der Waals surface area contributed by atoms with Crippen molar-refractivity contribution in [1.82, 2.24) is 0 Å².